The van der Waals surface area contributed by atoms with Gasteiger partial charge in [0.25, 0.3) is 0 Å². The van der Waals surface area contributed by atoms with Gasteiger partial charge in [-0.3, -0.25) is 0 Å². The number of hydrogen-bond acceptors (Lipinski definition) is 4. The second-order valence-electron chi connectivity index (χ2n) is 5.38. The van der Waals surface area contributed by atoms with E-state index in [0.29, 0.717) is 24.2 Å². The number of nitrogens with one attached hydrogen (secondary N) is 1. The molecule has 0 bridgehead atoms. The van der Waals surface area contributed by atoms with Crippen molar-refractivity contribution in [1.29, 1.82) is 0 Å². The summed E-state index contributed by atoms with van der Waals surface area (Å²) in [6.45, 7) is 5.26. The highest BCUT2D eigenvalue weighted by Gasteiger charge is 2.27. The lowest BCUT2D eigenvalue weighted by Crippen LogP contribution is -2.37. The van der Waals surface area contributed by atoms with Crippen LogP contribution in [-0.2, 0) is 11.3 Å². The Kier molecular flexibility index (Phi) is 4.99. The Labute approximate surface area is 119 Å². The summed E-state index contributed by atoms with van der Waals surface area (Å²) in [5.74, 6) is 1.44. The molecule has 5 heteroatoms. The second-order valence-corrected chi connectivity index (χ2v) is 5.76. The molecule has 1 N–H and O–H groups in total. The molecule has 0 unspecified atom stereocenters. The molecular formula is C14H22ClN3O. The molecule has 0 aromatic carbocycles. The van der Waals surface area contributed by atoms with Crippen molar-refractivity contribution in [3.05, 3.63) is 17.0 Å². The van der Waals surface area contributed by atoms with Crippen LogP contribution in [0.25, 0.3) is 0 Å². The van der Waals surface area contributed by atoms with Crippen molar-refractivity contribution in [3.8, 4) is 0 Å². The average Bonchev–Trinajstić information content (AvgIpc) is 2.36. The SMILES string of the molecule is CCOCc1nc(Cl)cc(NC2(C)CCCCC2)n1. The molecule has 1 fully saturated rings. The lowest BCUT2D eigenvalue weighted by Gasteiger charge is -2.35. The first kappa shape index (κ1) is 14.5. The molecule has 1 saturated carbocycles. The van der Waals surface area contributed by atoms with Gasteiger partial charge in [-0.05, 0) is 26.7 Å². The number of ether oxygens (including phenoxy) is 1. The van der Waals surface area contributed by atoms with Crippen LogP contribution >= 0.6 is 11.6 Å². The molecule has 1 aromatic rings. The molecule has 1 aromatic heterocycles. The van der Waals surface area contributed by atoms with Crippen molar-refractivity contribution in [2.24, 2.45) is 0 Å². The van der Waals surface area contributed by atoms with E-state index >= 15 is 0 Å². The van der Waals surface area contributed by atoms with E-state index in [-0.39, 0.29) is 5.54 Å². The number of hydrogen-bond donors (Lipinski definition) is 1. The first-order chi connectivity index (χ1) is 9.11. The van der Waals surface area contributed by atoms with Gasteiger partial charge in [-0.1, -0.05) is 30.9 Å². The molecule has 19 heavy (non-hydrogen) atoms. The minimum atomic E-state index is 0.124. The summed E-state index contributed by atoms with van der Waals surface area (Å²) in [7, 11) is 0. The summed E-state index contributed by atoms with van der Waals surface area (Å²) < 4.78 is 5.33. The van der Waals surface area contributed by atoms with Crippen molar-refractivity contribution < 1.29 is 4.74 Å². The standard InChI is InChI=1S/C14H22ClN3O/c1-3-19-10-13-16-11(15)9-12(17-13)18-14(2)7-5-4-6-8-14/h9H,3-8,10H2,1-2H3,(H,16,17,18). The zero-order valence-corrected chi connectivity index (χ0v) is 12.5. The Hall–Kier alpha value is -0.870. The highest BCUT2D eigenvalue weighted by atomic mass is 35.5. The predicted molar refractivity (Wildman–Crippen MR) is 77.5 cm³/mol. The van der Waals surface area contributed by atoms with Crippen LogP contribution in [-0.4, -0.2) is 22.1 Å². The van der Waals surface area contributed by atoms with Gasteiger partial charge in [-0.15, -0.1) is 0 Å². The average molecular weight is 284 g/mol. The van der Waals surface area contributed by atoms with Crippen LogP contribution in [0.5, 0.6) is 0 Å². The minimum absolute atomic E-state index is 0.124. The zero-order valence-electron chi connectivity index (χ0n) is 11.7. The van der Waals surface area contributed by atoms with Gasteiger partial charge in [0.15, 0.2) is 5.82 Å². The van der Waals surface area contributed by atoms with Crippen molar-refractivity contribution in [1.82, 2.24) is 9.97 Å². The molecule has 2 rings (SSSR count). The van der Waals surface area contributed by atoms with Crippen LogP contribution in [0, 0.1) is 0 Å². The van der Waals surface area contributed by atoms with Crippen molar-refractivity contribution in [3.63, 3.8) is 0 Å². The lowest BCUT2D eigenvalue weighted by molar-refractivity contribution is 0.128. The van der Waals surface area contributed by atoms with Crippen molar-refractivity contribution in [2.45, 2.75) is 58.1 Å². The van der Waals surface area contributed by atoms with Crippen LogP contribution in [0.3, 0.4) is 0 Å². The summed E-state index contributed by atoms with van der Waals surface area (Å²) in [6, 6.07) is 1.79. The molecular weight excluding hydrogens is 262 g/mol. The number of nitrogens with zero attached hydrogens (tertiary/aromatic N) is 2. The third kappa shape index (κ3) is 4.32. The molecule has 1 aliphatic carbocycles. The Morgan fingerprint density at radius 3 is 2.74 bits per heavy atom. The summed E-state index contributed by atoms with van der Waals surface area (Å²) in [6.07, 6.45) is 6.23. The number of rotatable bonds is 5. The third-order valence-corrected chi connectivity index (χ3v) is 3.76. The van der Waals surface area contributed by atoms with E-state index in [1.54, 1.807) is 6.07 Å². The Bertz CT molecular complexity index is 419. The van der Waals surface area contributed by atoms with Gasteiger partial charge < -0.3 is 10.1 Å². The van der Waals surface area contributed by atoms with Gasteiger partial charge in [-0.2, -0.15) is 0 Å². The minimum Gasteiger partial charge on any atom is -0.374 e. The Morgan fingerprint density at radius 1 is 1.32 bits per heavy atom. The van der Waals surface area contributed by atoms with E-state index in [1.165, 1.54) is 32.1 Å². The van der Waals surface area contributed by atoms with Gasteiger partial charge in [0.05, 0.1) is 0 Å². The molecule has 0 amide bonds. The molecule has 1 aliphatic rings. The lowest BCUT2D eigenvalue weighted by atomic mass is 9.83. The van der Waals surface area contributed by atoms with Crippen molar-refractivity contribution >= 4 is 17.4 Å². The fourth-order valence-corrected chi connectivity index (χ4v) is 2.75. The van der Waals surface area contributed by atoms with Crippen LogP contribution < -0.4 is 5.32 Å². The molecule has 0 saturated heterocycles. The van der Waals surface area contributed by atoms with E-state index in [1.807, 2.05) is 6.92 Å². The highest BCUT2D eigenvalue weighted by molar-refractivity contribution is 6.29. The van der Waals surface area contributed by atoms with Crippen LogP contribution in [0.15, 0.2) is 6.07 Å². The normalized spacial score (nSPS) is 18.3. The van der Waals surface area contributed by atoms with Gasteiger partial charge in [0.2, 0.25) is 0 Å². The van der Waals surface area contributed by atoms with E-state index in [9.17, 15) is 0 Å². The first-order valence-corrected chi connectivity index (χ1v) is 7.38. The maximum Gasteiger partial charge on any atom is 0.158 e. The smallest absolute Gasteiger partial charge is 0.158 e. The van der Waals surface area contributed by atoms with Gasteiger partial charge >= 0.3 is 0 Å². The quantitative estimate of drug-likeness (QED) is 0.835. The second kappa shape index (κ2) is 6.53. The van der Waals surface area contributed by atoms with Crippen LogP contribution in [0.2, 0.25) is 5.15 Å². The molecule has 0 atom stereocenters. The fourth-order valence-electron chi connectivity index (χ4n) is 2.55. The Balaban J connectivity index is 2.08. The fraction of sp³-hybridized carbons (Fsp3) is 0.714. The predicted octanol–water partition coefficient (Wildman–Crippen LogP) is 3.80. The van der Waals surface area contributed by atoms with E-state index in [0.717, 1.165) is 5.82 Å². The molecule has 0 radical (unpaired) electrons. The van der Waals surface area contributed by atoms with E-state index in [4.69, 9.17) is 16.3 Å². The largest absolute Gasteiger partial charge is 0.374 e. The van der Waals surface area contributed by atoms with E-state index < -0.39 is 0 Å². The zero-order chi connectivity index (χ0) is 13.7. The molecule has 0 spiro atoms. The van der Waals surface area contributed by atoms with E-state index in [2.05, 4.69) is 22.2 Å². The monoisotopic (exact) mass is 283 g/mol. The molecule has 4 nitrogen and oxygen atoms in total. The van der Waals surface area contributed by atoms with Gasteiger partial charge in [-0.25, -0.2) is 9.97 Å². The summed E-state index contributed by atoms with van der Waals surface area (Å²) >= 11 is 6.05. The number of aromatic nitrogens is 2. The molecule has 106 valence electrons. The first-order valence-electron chi connectivity index (χ1n) is 7.01. The highest BCUT2D eigenvalue weighted by Crippen LogP contribution is 2.31. The maximum atomic E-state index is 6.05. The summed E-state index contributed by atoms with van der Waals surface area (Å²) in [5, 5.41) is 3.99. The number of halogens is 1. The molecule has 0 aliphatic heterocycles. The maximum absolute atomic E-state index is 6.05. The Morgan fingerprint density at radius 2 is 2.05 bits per heavy atom. The summed E-state index contributed by atoms with van der Waals surface area (Å²) in [5.41, 5.74) is 0.124. The number of anilines is 1. The van der Waals surface area contributed by atoms with Gasteiger partial charge in [0.1, 0.15) is 17.6 Å². The van der Waals surface area contributed by atoms with Crippen LogP contribution in [0.4, 0.5) is 5.82 Å². The van der Waals surface area contributed by atoms with Gasteiger partial charge in [0, 0.05) is 18.2 Å². The molecule has 1 heterocycles. The van der Waals surface area contributed by atoms with Crippen molar-refractivity contribution in [2.75, 3.05) is 11.9 Å². The topological polar surface area (TPSA) is 47.0 Å². The summed E-state index contributed by atoms with van der Waals surface area (Å²) in [4.78, 5) is 8.66. The third-order valence-electron chi connectivity index (χ3n) is 3.56. The van der Waals surface area contributed by atoms with Crippen LogP contribution in [0.1, 0.15) is 51.8 Å².